The summed E-state index contributed by atoms with van der Waals surface area (Å²) < 4.78 is 0. The normalized spacial score (nSPS) is 15.3. The van der Waals surface area contributed by atoms with Crippen molar-refractivity contribution in [1.82, 2.24) is 9.97 Å². The molecule has 0 saturated heterocycles. The molecule has 0 unspecified atom stereocenters. The molecule has 1 aliphatic heterocycles. The van der Waals surface area contributed by atoms with Crippen LogP contribution in [0.25, 0.3) is 22.0 Å². The van der Waals surface area contributed by atoms with Crippen LogP contribution in [0.2, 0.25) is 13.1 Å². The van der Waals surface area contributed by atoms with Crippen LogP contribution >= 0.6 is 0 Å². The lowest BCUT2D eigenvalue weighted by Crippen LogP contribution is -2.49. The number of aromatic nitrogens is 2. The minimum absolute atomic E-state index is 1.10. The van der Waals surface area contributed by atoms with Gasteiger partial charge in [0.05, 0.1) is 5.52 Å². The molecule has 19 heavy (non-hydrogen) atoms. The fourth-order valence-corrected chi connectivity index (χ4v) is 6.30. The molecule has 0 spiro atoms. The van der Waals surface area contributed by atoms with Crippen LogP contribution in [0.15, 0.2) is 48.9 Å². The molecule has 0 radical (unpaired) electrons. The van der Waals surface area contributed by atoms with Crippen LogP contribution in [0.1, 0.15) is 0 Å². The molecule has 0 N–H and O–H groups in total. The summed E-state index contributed by atoms with van der Waals surface area (Å²) >= 11 is 0. The van der Waals surface area contributed by atoms with Crippen molar-refractivity contribution in [2.24, 2.45) is 0 Å². The van der Waals surface area contributed by atoms with Gasteiger partial charge in [-0.15, -0.1) is 0 Å². The van der Waals surface area contributed by atoms with Crippen molar-refractivity contribution in [2.75, 3.05) is 0 Å². The zero-order valence-corrected chi connectivity index (χ0v) is 12.0. The Labute approximate surface area is 113 Å². The molecule has 3 aromatic rings. The Morgan fingerprint density at radius 1 is 0.947 bits per heavy atom. The monoisotopic (exact) mass is 262 g/mol. The van der Waals surface area contributed by atoms with Crippen molar-refractivity contribution < 1.29 is 0 Å². The molecule has 4 rings (SSSR count). The molecular formula is C16H14N2Si. The number of benzene rings is 2. The van der Waals surface area contributed by atoms with E-state index in [1.807, 2.05) is 6.20 Å². The molecule has 0 bridgehead atoms. The molecule has 2 aromatic carbocycles. The average Bonchev–Trinajstić information content (AvgIpc) is 2.68. The highest BCUT2D eigenvalue weighted by atomic mass is 28.3. The highest BCUT2D eigenvalue weighted by Crippen LogP contribution is 2.32. The van der Waals surface area contributed by atoms with Gasteiger partial charge in [0.2, 0.25) is 0 Å². The Kier molecular flexibility index (Phi) is 2.01. The number of rotatable bonds is 0. The summed E-state index contributed by atoms with van der Waals surface area (Å²) in [4.78, 5) is 8.66. The lowest BCUT2D eigenvalue weighted by Gasteiger charge is -2.18. The van der Waals surface area contributed by atoms with Crippen molar-refractivity contribution >= 4 is 29.4 Å². The summed E-state index contributed by atoms with van der Waals surface area (Å²) in [6.45, 7) is 4.84. The lowest BCUT2D eigenvalue weighted by molar-refractivity contribution is 1.22. The van der Waals surface area contributed by atoms with E-state index in [0.717, 1.165) is 10.9 Å². The van der Waals surface area contributed by atoms with Gasteiger partial charge in [-0.3, -0.25) is 0 Å². The fourth-order valence-electron chi connectivity index (χ4n) is 3.24. The minimum Gasteiger partial charge on any atom is -0.244 e. The highest BCUT2D eigenvalue weighted by Gasteiger charge is 2.38. The second-order valence-corrected chi connectivity index (χ2v) is 9.95. The molecule has 0 aliphatic carbocycles. The molecule has 0 atom stereocenters. The van der Waals surface area contributed by atoms with E-state index < -0.39 is 8.07 Å². The maximum absolute atomic E-state index is 4.53. The molecule has 2 nitrogen and oxygen atoms in total. The Morgan fingerprint density at radius 2 is 1.79 bits per heavy atom. The van der Waals surface area contributed by atoms with Crippen LogP contribution in [0, 0.1) is 0 Å². The molecule has 0 amide bonds. The van der Waals surface area contributed by atoms with Gasteiger partial charge in [-0.05, 0) is 15.9 Å². The molecule has 92 valence electrons. The Hall–Kier alpha value is -2.00. The molecule has 1 aliphatic rings. The maximum Gasteiger partial charge on any atom is 0.116 e. The van der Waals surface area contributed by atoms with Gasteiger partial charge < -0.3 is 0 Å². The standard InChI is InChI=1S/C16H14N2Si/c1-19(2)13-6-4-3-5-12(13)15-14(19)8-7-11-9-17-10-18-16(11)15/h3-10H,1-2H3. The van der Waals surface area contributed by atoms with E-state index in [2.05, 4.69) is 59.5 Å². The van der Waals surface area contributed by atoms with Crippen LogP contribution in [0.3, 0.4) is 0 Å². The van der Waals surface area contributed by atoms with Gasteiger partial charge in [0.25, 0.3) is 0 Å². The summed E-state index contributed by atoms with van der Waals surface area (Å²) in [6, 6.07) is 13.2. The number of hydrogen-bond donors (Lipinski definition) is 0. The minimum atomic E-state index is -1.56. The quantitative estimate of drug-likeness (QED) is 0.582. The Balaban J connectivity index is 2.22. The van der Waals surface area contributed by atoms with Crippen molar-refractivity contribution in [3.05, 3.63) is 48.9 Å². The number of fused-ring (bicyclic) bond motifs is 5. The third kappa shape index (κ3) is 1.31. The lowest BCUT2D eigenvalue weighted by atomic mass is 10.0. The third-order valence-corrected chi connectivity index (χ3v) is 7.77. The van der Waals surface area contributed by atoms with Crippen molar-refractivity contribution in [2.45, 2.75) is 13.1 Å². The SMILES string of the molecule is C[Si]1(C)c2ccccc2-c2c1ccc1cncnc21. The summed E-state index contributed by atoms with van der Waals surface area (Å²) in [7, 11) is -1.56. The van der Waals surface area contributed by atoms with Gasteiger partial charge in [-0.2, -0.15) is 0 Å². The Bertz CT molecular complexity index is 809. The van der Waals surface area contributed by atoms with Gasteiger partial charge in [0.1, 0.15) is 14.4 Å². The second kappa shape index (κ2) is 3.51. The maximum atomic E-state index is 4.53. The third-order valence-electron chi connectivity index (χ3n) is 4.22. The first-order valence-corrected chi connectivity index (χ1v) is 9.52. The van der Waals surface area contributed by atoms with E-state index in [-0.39, 0.29) is 0 Å². The fraction of sp³-hybridized carbons (Fsp3) is 0.125. The predicted octanol–water partition coefficient (Wildman–Crippen LogP) is 2.43. The topological polar surface area (TPSA) is 25.8 Å². The first kappa shape index (κ1) is 10.9. The molecule has 0 fully saturated rings. The van der Waals surface area contributed by atoms with Gasteiger partial charge >= 0.3 is 0 Å². The van der Waals surface area contributed by atoms with Crippen LogP contribution in [-0.4, -0.2) is 18.0 Å². The summed E-state index contributed by atoms with van der Waals surface area (Å²) in [6.07, 6.45) is 3.55. The van der Waals surface area contributed by atoms with Crippen molar-refractivity contribution in [3.63, 3.8) is 0 Å². The smallest absolute Gasteiger partial charge is 0.116 e. The van der Waals surface area contributed by atoms with E-state index in [9.17, 15) is 0 Å². The zero-order valence-electron chi connectivity index (χ0n) is 11.0. The second-order valence-electron chi connectivity index (χ2n) is 5.62. The van der Waals surface area contributed by atoms with E-state index in [1.165, 1.54) is 21.5 Å². The van der Waals surface area contributed by atoms with Gasteiger partial charge in [-0.1, -0.05) is 49.5 Å². The van der Waals surface area contributed by atoms with E-state index in [1.54, 1.807) is 6.33 Å². The molecule has 3 heteroatoms. The molecular weight excluding hydrogens is 248 g/mol. The highest BCUT2D eigenvalue weighted by molar-refractivity contribution is 7.04. The number of nitrogens with zero attached hydrogens (tertiary/aromatic N) is 2. The van der Waals surface area contributed by atoms with E-state index >= 15 is 0 Å². The van der Waals surface area contributed by atoms with Crippen LogP contribution in [0.5, 0.6) is 0 Å². The van der Waals surface area contributed by atoms with Crippen LogP contribution in [0.4, 0.5) is 0 Å². The summed E-state index contributed by atoms with van der Waals surface area (Å²) in [5, 5.41) is 4.15. The molecule has 2 heterocycles. The summed E-state index contributed by atoms with van der Waals surface area (Å²) in [5.41, 5.74) is 3.81. The van der Waals surface area contributed by atoms with Crippen molar-refractivity contribution in [3.8, 4) is 11.1 Å². The molecule has 1 aromatic heterocycles. The van der Waals surface area contributed by atoms with E-state index in [4.69, 9.17) is 0 Å². The van der Waals surface area contributed by atoms with Crippen LogP contribution < -0.4 is 10.4 Å². The number of hydrogen-bond acceptors (Lipinski definition) is 2. The Morgan fingerprint density at radius 3 is 2.68 bits per heavy atom. The summed E-state index contributed by atoms with van der Waals surface area (Å²) in [5.74, 6) is 0. The van der Waals surface area contributed by atoms with Crippen LogP contribution in [-0.2, 0) is 0 Å². The van der Waals surface area contributed by atoms with Gasteiger partial charge in [0, 0.05) is 17.1 Å². The average molecular weight is 262 g/mol. The first-order valence-electron chi connectivity index (χ1n) is 6.52. The van der Waals surface area contributed by atoms with Crippen molar-refractivity contribution in [1.29, 1.82) is 0 Å². The van der Waals surface area contributed by atoms with E-state index in [0.29, 0.717) is 0 Å². The largest absolute Gasteiger partial charge is 0.244 e. The van der Waals surface area contributed by atoms with Gasteiger partial charge in [-0.25, -0.2) is 9.97 Å². The first-order chi connectivity index (χ1) is 9.19. The zero-order chi connectivity index (χ0) is 13.0. The predicted molar refractivity (Wildman–Crippen MR) is 81.7 cm³/mol. The molecule has 0 saturated carbocycles. The van der Waals surface area contributed by atoms with Gasteiger partial charge in [0.15, 0.2) is 0 Å².